The molecule has 0 amide bonds. The van der Waals surface area contributed by atoms with E-state index in [1.165, 1.54) is 37.3 Å². The van der Waals surface area contributed by atoms with Gasteiger partial charge in [-0.1, -0.05) is 6.92 Å². The van der Waals surface area contributed by atoms with Gasteiger partial charge in [0.15, 0.2) is 0 Å². The highest BCUT2D eigenvalue weighted by atomic mass is 79.9. The Hall–Kier alpha value is -0.650. The largest absolute Gasteiger partial charge is 0.353 e. The smallest absolute Gasteiger partial charge is 0.133 e. The highest BCUT2D eigenvalue weighted by Crippen LogP contribution is 2.27. The molecule has 2 saturated heterocycles. The fourth-order valence-electron chi connectivity index (χ4n) is 3.33. The van der Waals surface area contributed by atoms with Gasteiger partial charge in [0.05, 0.1) is 0 Å². The lowest BCUT2D eigenvalue weighted by atomic mass is 10.1. The number of piperazine rings is 1. The van der Waals surface area contributed by atoms with Crippen LogP contribution in [0.4, 0.5) is 5.82 Å². The topological polar surface area (TPSA) is 31.4 Å². The van der Waals surface area contributed by atoms with Gasteiger partial charge in [0.1, 0.15) is 5.82 Å². The highest BCUT2D eigenvalue weighted by molar-refractivity contribution is 9.10. The van der Waals surface area contributed by atoms with E-state index in [0.717, 1.165) is 36.7 Å². The van der Waals surface area contributed by atoms with Crippen LogP contribution in [0.25, 0.3) is 0 Å². The number of aromatic nitrogens is 1. The Bertz CT molecular complexity index is 465. The number of anilines is 1. The van der Waals surface area contributed by atoms with Crippen LogP contribution in [-0.4, -0.2) is 48.6 Å². The maximum atomic E-state index is 4.69. The Balaban J connectivity index is 1.78. The fraction of sp³-hybridized carbons (Fsp3) is 0.667. The minimum absolute atomic E-state index is 0.737. The van der Waals surface area contributed by atoms with E-state index >= 15 is 0 Å². The quantitative estimate of drug-likeness (QED) is 0.912. The normalized spacial score (nSPS) is 23.1. The number of nitrogens with zero attached hydrogens (tertiary/aromatic N) is 3. The average molecular weight is 339 g/mol. The molecule has 4 nitrogen and oxygen atoms in total. The van der Waals surface area contributed by atoms with Crippen molar-refractivity contribution in [1.29, 1.82) is 0 Å². The summed E-state index contributed by atoms with van der Waals surface area (Å²) in [4.78, 5) is 9.81. The molecule has 2 fully saturated rings. The Morgan fingerprint density at radius 1 is 1.40 bits per heavy atom. The van der Waals surface area contributed by atoms with Crippen molar-refractivity contribution in [2.45, 2.75) is 32.4 Å². The van der Waals surface area contributed by atoms with Gasteiger partial charge in [-0.05, 0) is 47.9 Å². The standard InChI is InChI=1S/C15H23BrN4/c1-2-17-9-12-8-13(16)10-18-15(12)20-7-6-19-5-3-4-14(19)11-20/h8,10,14,17H,2-7,9,11H2,1H3. The number of hydrogen-bond donors (Lipinski definition) is 1. The number of nitrogens with one attached hydrogen (secondary N) is 1. The van der Waals surface area contributed by atoms with Crippen molar-refractivity contribution < 1.29 is 0 Å². The molecule has 1 aromatic rings. The first kappa shape index (κ1) is 14.3. The van der Waals surface area contributed by atoms with Crippen LogP contribution in [0, 0.1) is 0 Å². The second-order valence-electron chi connectivity index (χ2n) is 5.69. The molecule has 3 heterocycles. The minimum atomic E-state index is 0.737. The summed E-state index contributed by atoms with van der Waals surface area (Å²) in [6.45, 7) is 8.73. The number of fused-ring (bicyclic) bond motifs is 1. The molecule has 5 heteroatoms. The molecule has 0 radical (unpaired) electrons. The van der Waals surface area contributed by atoms with Crippen LogP contribution in [-0.2, 0) is 6.54 Å². The van der Waals surface area contributed by atoms with E-state index < -0.39 is 0 Å². The number of pyridine rings is 1. The maximum Gasteiger partial charge on any atom is 0.133 e. The molecule has 1 atom stereocenters. The molecular formula is C15H23BrN4. The zero-order chi connectivity index (χ0) is 13.9. The summed E-state index contributed by atoms with van der Waals surface area (Å²) in [5.41, 5.74) is 1.30. The van der Waals surface area contributed by atoms with Gasteiger partial charge in [0, 0.05) is 48.5 Å². The van der Waals surface area contributed by atoms with Crippen LogP contribution in [0.15, 0.2) is 16.7 Å². The van der Waals surface area contributed by atoms with Gasteiger partial charge in [-0.3, -0.25) is 4.90 Å². The van der Waals surface area contributed by atoms with Crippen LogP contribution in [0.3, 0.4) is 0 Å². The molecule has 0 aromatic carbocycles. The Morgan fingerprint density at radius 2 is 2.30 bits per heavy atom. The summed E-state index contributed by atoms with van der Waals surface area (Å²) in [6, 6.07) is 2.94. The molecule has 1 aromatic heterocycles. The third-order valence-electron chi connectivity index (χ3n) is 4.36. The van der Waals surface area contributed by atoms with Crippen molar-refractivity contribution in [3.8, 4) is 0 Å². The van der Waals surface area contributed by atoms with Crippen molar-refractivity contribution in [3.63, 3.8) is 0 Å². The predicted molar refractivity (Wildman–Crippen MR) is 86.1 cm³/mol. The van der Waals surface area contributed by atoms with Crippen molar-refractivity contribution in [2.75, 3.05) is 37.6 Å². The molecule has 1 unspecified atom stereocenters. The van der Waals surface area contributed by atoms with Crippen molar-refractivity contribution >= 4 is 21.7 Å². The first-order chi connectivity index (χ1) is 9.78. The highest BCUT2D eigenvalue weighted by Gasteiger charge is 2.31. The maximum absolute atomic E-state index is 4.69. The molecular weight excluding hydrogens is 316 g/mol. The van der Waals surface area contributed by atoms with Gasteiger partial charge in [-0.2, -0.15) is 0 Å². The molecule has 3 rings (SSSR count). The fourth-order valence-corrected chi connectivity index (χ4v) is 3.71. The molecule has 2 aliphatic heterocycles. The summed E-state index contributed by atoms with van der Waals surface area (Å²) in [5, 5.41) is 3.42. The van der Waals surface area contributed by atoms with Gasteiger partial charge < -0.3 is 10.2 Å². The number of rotatable bonds is 4. The van der Waals surface area contributed by atoms with E-state index in [1.54, 1.807) is 0 Å². The zero-order valence-electron chi connectivity index (χ0n) is 12.1. The van der Waals surface area contributed by atoms with E-state index in [1.807, 2.05) is 6.20 Å². The third kappa shape index (κ3) is 3.00. The molecule has 110 valence electrons. The van der Waals surface area contributed by atoms with Gasteiger partial charge in [0.2, 0.25) is 0 Å². The second-order valence-corrected chi connectivity index (χ2v) is 6.61. The molecule has 0 spiro atoms. The zero-order valence-corrected chi connectivity index (χ0v) is 13.7. The van der Waals surface area contributed by atoms with Gasteiger partial charge in [0.25, 0.3) is 0 Å². The lowest BCUT2D eigenvalue weighted by Gasteiger charge is -2.38. The Labute approximate surface area is 129 Å². The molecule has 2 aliphatic rings. The van der Waals surface area contributed by atoms with E-state index in [4.69, 9.17) is 0 Å². The van der Waals surface area contributed by atoms with Crippen LogP contribution >= 0.6 is 15.9 Å². The Kier molecular flexibility index (Phi) is 4.58. The van der Waals surface area contributed by atoms with Crippen molar-refractivity contribution in [3.05, 3.63) is 22.3 Å². The van der Waals surface area contributed by atoms with Crippen molar-refractivity contribution in [2.24, 2.45) is 0 Å². The SMILES string of the molecule is CCNCc1cc(Br)cnc1N1CCN2CCCC2C1. The van der Waals surface area contributed by atoms with E-state index in [9.17, 15) is 0 Å². The summed E-state index contributed by atoms with van der Waals surface area (Å²) < 4.78 is 1.06. The lowest BCUT2D eigenvalue weighted by Crippen LogP contribution is -2.50. The third-order valence-corrected chi connectivity index (χ3v) is 4.80. The summed E-state index contributed by atoms with van der Waals surface area (Å²) >= 11 is 3.54. The molecule has 1 N–H and O–H groups in total. The van der Waals surface area contributed by atoms with E-state index in [-0.39, 0.29) is 0 Å². The summed E-state index contributed by atoms with van der Waals surface area (Å²) in [6.07, 6.45) is 4.62. The molecule has 0 saturated carbocycles. The second kappa shape index (κ2) is 6.41. The summed E-state index contributed by atoms with van der Waals surface area (Å²) in [5.74, 6) is 1.17. The lowest BCUT2D eigenvalue weighted by molar-refractivity contribution is 0.230. The van der Waals surface area contributed by atoms with E-state index in [0.29, 0.717) is 0 Å². The first-order valence-electron chi connectivity index (χ1n) is 7.62. The predicted octanol–water partition coefficient (Wildman–Crippen LogP) is 2.24. The molecule has 0 aliphatic carbocycles. The molecule has 20 heavy (non-hydrogen) atoms. The first-order valence-corrected chi connectivity index (χ1v) is 8.41. The minimum Gasteiger partial charge on any atom is -0.353 e. The van der Waals surface area contributed by atoms with Gasteiger partial charge in [-0.15, -0.1) is 0 Å². The van der Waals surface area contributed by atoms with Crippen LogP contribution in [0.5, 0.6) is 0 Å². The van der Waals surface area contributed by atoms with E-state index in [2.05, 4.69) is 49.0 Å². The number of halogens is 1. The van der Waals surface area contributed by atoms with Crippen LogP contribution < -0.4 is 10.2 Å². The van der Waals surface area contributed by atoms with Gasteiger partial charge >= 0.3 is 0 Å². The van der Waals surface area contributed by atoms with Crippen molar-refractivity contribution in [1.82, 2.24) is 15.2 Å². The molecule has 0 bridgehead atoms. The average Bonchev–Trinajstić information content (AvgIpc) is 2.92. The van der Waals surface area contributed by atoms with Crippen LogP contribution in [0.1, 0.15) is 25.3 Å². The Morgan fingerprint density at radius 3 is 3.15 bits per heavy atom. The van der Waals surface area contributed by atoms with Gasteiger partial charge in [-0.25, -0.2) is 4.98 Å². The monoisotopic (exact) mass is 338 g/mol. The van der Waals surface area contributed by atoms with Crippen LogP contribution in [0.2, 0.25) is 0 Å². The number of hydrogen-bond acceptors (Lipinski definition) is 4. The summed E-state index contributed by atoms with van der Waals surface area (Å²) in [7, 11) is 0.